The molecule has 9 nitrogen and oxygen atoms in total. The summed E-state index contributed by atoms with van der Waals surface area (Å²) in [7, 11) is 0. The third-order valence-electron chi connectivity index (χ3n) is 3.05. The van der Waals surface area contributed by atoms with Gasteiger partial charge in [-0.2, -0.15) is 0 Å². The third-order valence-corrected chi connectivity index (χ3v) is 3.05. The summed E-state index contributed by atoms with van der Waals surface area (Å²) >= 11 is 0. The van der Waals surface area contributed by atoms with Crippen LogP contribution in [0.5, 0.6) is 0 Å². The molecule has 1 aromatic rings. The van der Waals surface area contributed by atoms with E-state index in [0.717, 1.165) is 12.8 Å². The number of anilines is 1. The largest absolute Gasteiger partial charge is 0.409 e. The van der Waals surface area contributed by atoms with E-state index in [4.69, 9.17) is 16.0 Å². The standard InChI is InChI=1S/C11H15N5O4/c12-10(14-18)7-5-9(16(19)20)11(13-6-7)15(3-4-17)8-1-2-8/h5-6,8,17-18H,1-4H2,(H2,12,14). The van der Waals surface area contributed by atoms with Gasteiger partial charge >= 0.3 is 5.69 Å². The van der Waals surface area contributed by atoms with Crippen LogP contribution in [0.4, 0.5) is 11.5 Å². The van der Waals surface area contributed by atoms with Crippen LogP contribution in [0, 0.1) is 10.1 Å². The zero-order chi connectivity index (χ0) is 14.7. The SMILES string of the molecule is NC(=NO)c1cnc(N(CCO)C2CC2)c([N+](=O)[O-])c1. The van der Waals surface area contributed by atoms with Crippen molar-refractivity contribution in [2.45, 2.75) is 18.9 Å². The van der Waals surface area contributed by atoms with Gasteiger partial charge in [0.05, 0.1) is 11.5 Å². The molecule has 0 aliphatic heterocycles. The fourth-order valence-corrected chi connectivity index (χ4v) is 1.95. The molecule has 0 aromatic carbocycles. The van der Waals surface area contributed by atoms with Gasteiger partial charge in [-0.05, 0) is 12.8 Å². The van der Waals surface area contributed by atoms with Gasteiger partial charge in [0, 0.05) is 30.4 Å². The Hall–Kier alpha value is -2.42. The summed E-state index contributed by atoms with van der Waals surface area (Å²) in [6.07, 6.45) is 3.14. The van der Waals surface area contributed by atoms with Crippen LogP contribution in [-0.2, 0) is 0 Å². The van der Waals surface area contributed by atoms with Crippen molar-refractivity contribution in [1.29, 1.82) is 0 Å². The molecule has 1 aliphatic carbocycles. The molecule has 0 unspecified atom stereocenters. The Morgan fingerprint density at radius 1 is 1.65 bits per heavy atom. The van der Waals surface area contributed by atoms with E-state index in [1.165, 1.54) is 12.3 Å². The molecule has 108 valence electrons. The van der Waals surface area contributed by atoms with Gasteiger partial charge in [0.1, 0.15) is 0 Å². The minimum atomic E-state index is -0.566. The van der Waals surface area contributed by atoms with Gasteiger partial charge in [-0.25, -0.2) is 4.98 Å². The van der Waals surface area contributed by atoms with E-state index in [0.29, 0.717) is 0 Å². The Bertz CT molecular complexity index is 544. The van der Waals surface area contributed by atoms with Crippen LogP contribution >= 0.6 is 0 Å². The van der Waals surface area contributed by atoms with E-state index in [1.54, 1.807) is 4.90 Å². The fourth-order valence-electron chi connectivity index (χ4n) is 1.95. The number of aliphatic hydroxyl groups excluding tert-OH is 1. The van der Waals surface area contributed by atoms with Gasteiger partial charge in [-0.3, -0.25) is 10.1 Å². The number of oxime groups is 1. The smallest absolute Gasteiger partial charge is 0.312 e. The molecule has 1 saturated carbocycles. The zero-order valence-electron chi connectivity index (χ0n) is 10.6. The van der Waals surface area contributed by atoms with E-state index in [-0.39, 0.29) is 42.1 Å². The lowest BCUT2D eigenvalue weighted by molar-refractivity contribution is -0.384. The molecule has 0 bridgehead atoms. The number of aliphatic hydroxyl groups is 1. The van der Waals surface area contributed by atoms with Crippen molar-refractivity contribution in [2.24, 2.45) is 10.9 Å². The zero-order valence-corrected chi connectivity index (χ0v) is 10.6. The van der Waals surface area contributed by atoms with Crippen LogP contribution in [-0.4, -0.2) is 45.3 Å². The summed E-state index contributed by atoms with van der Waals surface area (Å²) in [4.78, 5) is 16.4. The van der Waals surface area contributed by atoms with Gasteiger partial charge in [-0.15, -0.1) is 0 Å². The number of pyridine rings is 1. The normalized spacial score (nSPS) is 15.2. The number of nitrogens with zero attached hydrogens (tertiary/aromatic N) is 4. The molecule has 1 aliphatic rings. The van der Waals surface area contributed by atoms with Crippen LogP contribution in [0.25, 0.3) is 0 Å². The number of nitrogens with two attached hydrogens (primary N) is 1. The number of nitro groups is 1. The Labute approximate surface area is 114 Å². The van der Waals surface area contributed by atoms with Crippen molar-refractivity contribution < 1.29 is 15.2 Å². The van der Waals surface area contributed by atoms with Crippen molar-refractivity contribution >= 4 is 17.3 Å². The van der Waals surface area contributed by atoms with Gasteiger partial charge in [0.2, 0.25) is 5.82 Å². The molecule has 0 atom stereocenters. The van der Waals surface area contributed by atoms with Crippen molar-refractivity contribution in [3.8, 4) is 0 Å². The van der Waals surface area contributed by atoms with E-state index < -0.39 is 4.92 Å². The molecule has 0 saturated heterocycles. The van der Waals surface area contributed by atoms with Crippen LogP contribution < -0.4 is 10.6 Å². The molecule has 1 fully saturated rings. The van der Waals surface area contributed by atoms with E-state index in [9.17, 15) is 10.1 Å². The second-order valence-electron chi connectivity index (χ2n) is 4.46. The van der Waals surface area contributed by atoms with Crippen LogP contribution in [0.3, 0.4) is 0 Å². The highest BCUT2D eigenvalue weighted by Gasteiger charge is 2.34. The average molecular weight is 281 g/mol. The summed E-state index contributed by atoms with van der Waals surface area (Å²) < 4.78 is 0. The summed E-state index contributed by atoms with van der Waals surface area (Å²) in [5.41, 5.74) is 5.35. The topological polar surface area (TPSA) is 138 Å². The summed E-state index contributed by atoms with van der Waals surface area (Å²) in [5.74, 6) is -0.0479. The molecule has 4 N–H and O–H groups in total. The molecule has 0 amide bonds. The highest BCUT2D eigenvalue weighted by Crippen LogP contribution is 2.35. The Morgan fingerprint density at radius 2 is 2.35 bits per heavy atom. The average Bonchev–Trinajstić information content (AvgIpc) is 3.27. The number of aromatic nitrogens is 1. The molecule has 20 heavy (non-hydrogen) atoms. The summed E-state index contributed by atoms with van der Waals surface area (Å²) in [6.45, 7) is 0.165. The van der Waals surface area contributed by atoms with Gasteiger partial charge in [-0.1, -0.05) is 5.16 Å². The minimum Gasteiger partial charge on any atom is -0.409 e. The van der Waals surface area contributed by atoms with Crippen LogP contribution in [0.2, 0.25) is 0 Å². The quantitative estimate of drug-likeness (QED) is 0.220. The highest BCUT2D eigenvalue weighted by molar-refractivity contribution is 5.97. The summed E-state index contributed by atoms with van der Waals surface area (Å²) in [5, 5.41) is 31.6. The first kappa shape index (κ1) is 14.0. The van der Waals surface area contributed by atoms with Gasteiger partial charge < -0.3 is 20.9 Å². The second-order valence-corrected chi connectivity index (χ2v) is 4.46. The predicted octanol–water partition coefficient (Wildman–Crippen LogP) is 0.0454. The van der Waals surface area contributed by atoms with Crippen molar-refractivity contribution in [1.82, 2.24) is 4.98 Å². The maximum atomic E-state index is 11.2. The monoisotopic (exact) mass is 281 g/mol. The molecule has 1 aromatic heterocycles. The first-order valence-electron chi connectivity index (χ1n) is 6.08. The molecule has 9 heteroatoms. The second kappa shape index (κ2) is 5.70. The van der Waals surface area contributed by atoms with Gasteiger partial charge in [0.15, 0.2) is 5.84 Å². The molecule has 0 radical (unpaired) electrons. The van der Waals surface area contributed by atoms with E-state index in [1.807, 2.05) is 0 Å². The maximum absolute atomic E-state index is 11.2. The van der Waals surface area contributed by atoms with Crippen molar-refractivity contribution in [2.75, 3.05) is 18.1 Å². The van der Waals surface area contributed by atoms with E-state index in [2.05, 4.69) is 10.1 Å². The molecule has 2 rings (SSSR count). The van der Waals surface area contributed by atoms with Gasteiger partial charge in [0.25, 0.3) is 0 Å². The fraction of sp³-hybridized carbons (Fsp3) is 0.455. The van der Waals surface area contributed by atoms with E-state index >= 15 is 0 Å². The highest BCUT2D eigenvalue weighted by atomic mass is 16.6. The first-order valence-corrected chi connectivity index (χ1v) is 6.08. The maximum Gasteiger partial charge on any atom is 0.312 e. The lowest BCUT2D eigenvalue weighted by atomic mass is 10.2. The van der Waals surface area contributed by atoms with Crippen molar-refractivity contribution in [3.05, 3.63) is 27.9 Å². The lowest BCUT2D eigenvalue weighted by Gasteiger charge is -2.22. The van der Waals surface area contributed by atoms with Crippen LogP contribution in [0.15, 0.2) is 17.4 Å². The predicted molar refractivity (Wildman–Crippen MR) is 70.9 cm³/mol. The number of rotatable bonds is 6. The van der Waals surface area contributed by atoms with Crippen molar-refractivity contribution in [3.63, 3.8) is 0 Å². The number of amidine groups is 1. The third kappa shape index (κ3) is 2.77. The van der Waals surface area contributed by atoms with Crippen LogP contribution in [0.1, 0.15) is 18.4 Å². The Morgan fingerprint density at radius 3 is 2.85 bits per heavy atom. The molecule has 1 heterocycles. The Kier molecular flexibility index (Phi) is 3.99. The molecule has 0 spiro atoms. The number of hydrogen-bond acceptors (Lipinski definition) is 7. The number of hydrogen-bond donors (Lipinski definition) is 3. The summed E-state index contributed by atoms with van der Waals surface area (Å²) in [6, 6.07) is 1.38. The first-order chi connectivity index (χ1) is 9.58. The molecular weight excluding hydrogens is 266 g/mol. The minimum absolute atomic E-state index is 0.114. The molecular formula is C11H15N5O4. The lowest BCUT2D eigenvalue weighted by Crippen LogP contribution is -2.30. The Balaban J connectivity index is 2.43.